The van der Waals surface area contributed by atoms with E-state index in [0.717, 1.165) is 21.9 Å². The van der Waals surface area contributed by atoms with Crippen LogP contribution in [0.5, 0.6) is 0 Å². The van der Waals surface area contributed by atoms with E-state index in [9.17, 15) is 18.0 Å². The average Bonchev–Trinajstić information content (AvgIpc) is 3.02. The van der Waals surface area contributed by atoms with Gasteiger partial charge in [-0.05, 0) is 74.2 Å². The Balaban J connectivity index is 1.82. The van der Waals surface area contributed by atoms with Crippen LogP contribution in [0.2, 0.25) is 5.02 Å². The monoisotopic (exact) mass is 645 g/mol. The minimum atomic E-state index is -4.16. The first kappa shape index (κ1) is 33.7. The van der Waals surface area contributed by atoms with Gasteiger partial charge in [0, 0.05) is 23.5 Å². The summed E-state index contributed by atoms with van der Waals surface area (Å²) in [6.07, 6.45) is 0.996. The van der Waals surface area contributed by atoms with Crippen LogP contribution in [0.1, 0.15) is 44.4 Å². The van der Waals surface area contributed by atoms with Crippen molar-refractivity contribution in [3.8, 4) is 0 Å². The van der Waals surface area contributed by atoms with Gasteiger partial charge in [0.25, 0.3) is 10.0 Å². The maximum atomic E-state index is 14.5. The van der Waals surface area contributed by atoms with Crippen molar-refractivity contribution < 1.29 is 18.0 Å². The predicted octanol–water partition coefficient (Wildman–Crippen LogP) is 6.65. The van der Waals surface area contributed by atoms with E-state index in [2.05, 4.69) is 5.32 Å². The fourth-order valence-corrected chi connectivity index (χ4v) is 6.59. The number of aryl methyl sites for hydroxylation is 1. The van der Waals surface area contributed by atoms with Crippen LogP contribution in [-0.4, -0.2) is 43.3 Å². The molecule has 4 rings (SSSR count). The Morgan fingerprint density at radius 3 is 1.96 bits per heavy atom. The molecule has 236 valence electrons. The lowest BCUT2D eigenvalue weighted by atomic mass is 10.0. The molecule has 0 aliphatic carbocycles. The molecule has 0 radical (unpaired) electrons. The number of halogens is 1. The second-order valence-electron chi connectivity index (χ2n) is 11.9. The largest absolute Gasteiger partial charge is 0.350 e. The Labute approximate surface area is 271 Å². The number of nitrogens with zero attached hydrogens (tertiary/aromatic N) is 2. The highest BCUT2D eigenvalue weighted by molar-refractivity contribution is 7.92. The Morgan fingerprint density at radius 2 is 1.38 bits per heavy atom. The van der Waals surface area contributed by atoms with Crippen LogP contribution in [0.3, 0.4) is 0 Å². The normalized spacial score (nSPS) is 12.3. The molecule has 45 heavy (non-hydrogen) atoms. The number of carbonyl (C=O) groups is 2. The van der Waals surface area contributed by atoms with E-state index in [1.165, 1.54) is 17.0 Å². The molecule has 4 aromatic rings. The summed E-state index contributed by atoms with van der Waals surface area (Å²) >= 11 is 6.56. The molecule has 0 aromatic heterocycles. The maximum absolute atomic E-state index is 14.5. The summed E-state index contributed by atoms with van der Waals surface area (Å²) in [5.41, 5.74) is 2.30. The zero-order valence-electron chi connectivity index (χ0n) is 26.1. The first-order valence-electron chi connectivity index (χ1n) is 14.9. The first-order chi connectivity index (χ1) is 21.4. The molecule has 0 aliphatic heterocycles. The first-order valence-corrected chi connectivity index (χ1v) is 16.8. The summed E-state index contributed by atoms with van der Waals surface area (Å²) in [5.74, 6) is -0.893. The molecular formula is C36H40ClN3O4S. The van der Waals surface area contributed by atoms with E-state index in [4.69, 9.17) is 11.6 Å². The third-order valence-electron chi connectivity index (χ3n) is 7.31. The van der Waals surface area contributed by atoms with Crippen LogP contribution < -0.4 is 9.62 Å². The van der Waals surface area contributed by atoms with E-state index in [0.29, 0.717) is 16.3 Å². The third kappa shape index (κ3) is 8.96. The molecule has 0 fully saturated rings. The van der Waals surface area contributed by atoms with Crippen molar-refractivity contribution in [2.24, 2.45) is 0 Å². The average molecular weight is 646 g/mol. The molecule has 2 amide bonds. The van der Waals surface area contributed by atoms with E-state index in [1.807, 2.05) is 76.2 Å². The summed E-state index contributed by atoms with van der Waals surface area (Å²) < 4.78 is 29.3. The fraction of sp³-hybridized carbons (Fsp3) is 0.278. The minimum Gasteiger partial charge on any atom is -0.350 e. The number of amides is 2. The molecule has 0 saturated carbocycles. The summed E-state index contributed by atoms with van der Waals surface area (Å²) in [4.78, 5) is 30.0. The molecule has 1 atom stereocenters. The molecule has 0 heterocycles. The molecular weight excluding hydrogens is 606 g/mol. The van der Waals surface area contributed by atoms with Crippen molar-refractivity contribution in [3.05, 3.63) is 131 Å². The maximum Gasteiger partial charge on any atom is 0.264 e. The molecule has 0 aliphatic rings. The van der Waals surface area contributed by atoms with Gasteiger partial charge in [-0.15, -0.1) is 0 Å². The molecule has 4 aromatic carbocycles. The smallest absolute Gasteiger partial charge is 0.264 e. The molecule has 0 bridgehead atoms. The van der Waals surface area contributed by atoms with Gasteiger partial charge in [0.2, 0.25) is 11.8 Å². The van der Waals surface area contributed by atoms with Crippen LogP contribution in [0.15, 0.2) is 114 Å². The van der Waals surface area contributed by atoms with Gasteiger partial charge in [-0.2, -0.15) is 0 Å². The van der Waals surface area contributed by atoms with Gasteiger partial charge < -0.3 is 10.2 Å². The number of carbonyl (C=O) groups excluding carboxylic acids is 2. The van der Waals surface area contributed by atoms with Gasteiger partial charge in [-0.1, -0.05) is 97.4 Å². The Morgan fingerprint density at radius 1 is 0.800 bits per heavy atom. The number of sulfonamides is 1. The predicted molar refractivity (Wildman–Crippen MR) is 181 cm³/mol. The minimum absolute atomic E-state index is 0.00155. The second kappa shape index (κ2) is 14.8. The van der Waals surface area contributed by atoms with Crippen molar-refractivity contribution >= 4 is 39.1 Å². The van der Waals surface area contributed by atoms with Crippen LogP contribution in [-0.2, 0) is 39.0 Å². The van der Waals surface area contributed by atoms with E-state index in [-0.39, 0.29) is 23.8 Å². The highest BCUT2D eigenvalue weighted by Gasteiger charge is 2.35. The molecule has 7 nitrogen and oxygen atoms in total. The van der Waals surface area contributed by atoms with Crippen LogP contribution in [0, 0.1) is 0 Å². The fourth-order valence-electron chi connectivity index (χ4n) is 4.96. The van der Waals surface area contributed by atoms with E-state index in [1.54, 1.807) is 48.5 Å². The lowest BCUT2D eigenvalue weighted by Gasteiger charge is -2.35. The molecule has 0 spiro atoms. The number of nitrogens with one attached hydrogen (secondary N) is 1. The van der Waals surface area contributed by atoms with Crippen molar-refractivity contribution in [1.82, 2.24) is 10.2 Å². The Bertz CT molecular complexity index is 1690. The van der Waals surface area contributed by atoms with Gasteiger partial charge in [-0.25, -0.2) is 8.42 Å². The molecule has 9 heteroatoms. The second-order valence-corrected chi connectivity index (χ2v) is 14.2. The SMILES string of the molecule is CCc1ccc(N(CC(=O)N(Cc2ccccc2Cl)[C@H](Cc2ccccc2)C(=O)NC(C)(C)C)S(=O)(=O)c2ccccc2)cc1. The zero-order chi connectivity index (χ0) is 32.6. The van der Waals surface area contributed by atoms with Crippen molar-refractivity contribution in [3.63, 3.8) is 0 Å². The van der Waals surface area contributed by atoms with Gasteiger partial charge >= 0.3 is 0 Å². The van der Waals surface area contributed by atoms with Crippen LogP contribution in [0.25, 0.3) is 0 Å². The Kier molecular flexibility index (Phi) is 11.1. The quantitative estimate of drug-likeness (QED) is 0.187. The van der Waals surface area contributed by atoms with Crippen molar-refractivity contribution in [2.45, 2.75) is 63.6 Å². The Hall–Kier alpha value is -4.14. The number of hydrogen-bond acceptors (Lipinski definition) is 4. The number of benzene rings is 4. The van der Waals surface area contributed by atoms with Gasteiger partial charge in [-0.3, -0.25) is 13.9 Å². The molecule has 0 unspecified atom stereocenters. The number of hydrogen-bond donors (Lipinski definition) is 1. The standard InChI is InChI=1S/C36H40ClN3O4S/c1-5-27-20-22-30(23-21-27)40(45(43,44)31-17-10-7-11-18-31)26-34(41)39(25-29-16-12-13-19-32(29)37)33(35(42)38-36(2,3)4)24-28-14-8-6-9-15-28/h6-23,33H,5,24-26H2,1-4H3,(H,38,42)/t33-/m1/s1. The summed E-state index contributed by atoms with van der Waals surface area (Å²) in [6, 6.07) is 30.7. The molecule has 1 N–H and O–H groups in total. The van der Waals surface area contributed by atoms with E-state index < -0.39 is 34.1 Å². The lowest BCUT2D eigenvalue weighted by Crippen LogP contribution is -2.56. The van der Waals surface area contributed by atoms with Gasteiger partial charge in [0.15, 0.2) is 0 Å². The topological polar surface area (TPSA) is 86.8 Å². The van der Waals surface area contributed by atoms with E-state index >= 15 is 0 Å². The van der Waals surface area contributed by atoms with Gasteiger partial charge in [0.1, 0.15) is 12.6 Å². The highest BCUT2D eigenvalue weighted by Crippen LogP contribution is 2.26. The van der Waals surface area contributed by atoms with Crippen LogP contribution in [0.4, 0.5) is 5.69 Å². The number of anilines is 1. The third-order valence-corrected chi connectivity index (χ3v) is 9.47. The van der Waals surface area contributed by atoms with Crippen molar-refractivity contribution in [1.29, 1.82) is 0 Å². The van der Waals surface area contributed by atoms with Crippen LogP contribution >= 0.6 is 11.6 Å². The summed E-state index contributed by atoms with van der Waals surface area (Å²) in [6.45, 7) is 7.11. The number of rotatable bonds is 12. The summed E-state index contributed by atoms with van der Waals surface area (Å²) in [7, 11) is -4.16. The summed E-state index contributed by atoms with van der Waals surface area (Å²) in [5, 5.41) is 3.47. The zero-order valence-corrected chi connectivity index (χ0v) is 27.7. The highest BCUT2D eigenvalue weighted by atomic mass is 35.5. The lowest BCUT2D eigenvalue weighted by molar-refractivity contribution is -0.140. The molecule has 0 saturated heterocycles. The van der Waals surface area contributed by atoms with Crippen molar-refractivity contribution in [2.75, 3.05) is 10.8 Å². The van der Waals surface area contributed by atoms with Gasteiger partial charge in [0.05, 0.1) is 10.6 Å².